The van der Waals surface area contributed by atoms with Crippen LogP contribution < -0.4 is 0 Å². The highest BCUT2D eigenvalue weighted by Crippen LogP contribution is 2.27. The summed E-state index contributed by atoms with van der Waals surface area (Å²) in [6, 6.07) is 8.41. The average molecular weight is 303 g/mol. The zero-order chi connectivity index (χ0) is 15.5. The van der Waals surface area contributed by atoms with Crippen molar-refractivity contribution in [3.05, 3.63) is 51.5 Å². The molecule has 0 aliphatic rings. The van der Waals surface area contributed by atoms with Gasteiger partial charge in [-0.2, -0.15) is 0 Å². The summed E-state index contributed by atoms with van der Waals surface area (Å²) in [4.78, 5) is 16.6. The number of ether oxygens (including phenoxy) is 1. The van der Waals surface area contributed by atoms with Crippen molar-refractivity contribution in [2.24, 2.45) is 0 Å². The molecule has 3 nitrogen and oxygen atoms in total. The summed E-state index contributed by atoms with van der Waals surface area (Å²) < 4.78 is 5.13. The van der Waals surface area contributed by atoms with Crippen LogP contribution in [0, 0.1) is 6.92 Å². The second kappa shape index (κ2) is 6.39. The molecule has 4 heteroatoms. The minimum atomic E-state index is -0.697. The van der Waals surface area contributed by atoms with Gasteiger partial charge in [0, 0.05) is 11.8 Å². The van der Waals surface area contributed by atoms with Crippen molar-refractivity contribution in [1.82, 2.24) is 4.98 Å². The first kappa shape index (κ1) is 15.7. The van der Waals surface area contributed by atoms with E-state index < -0.39 is 5.41 Å². The molecule has 112 valence electrons. The molecule has 1 aromatic carbocycles. The molecule has 2 aromatic rings. The van der Waals surface area contributed by atoms with Crippen molar-refractivity contribution < 1.29 is 9.53 Å². The molecule has 0 amide bonds. The van der Waals surface area contributed by atoms with Crippen LogP contribution >= 0.6 is 11.3 Å². The second-order valence-electron chi connectivity index (χ2n) is 5.64. The van der Waals surface area contributed by atoms with Gasteiger partial charge >= 0.3 is 5.97 Å². The van der Waals surface area contributed by atoms with Crippen molar-refractivity contribution in [1.29, 1.82) is 0 Å². The smallest absolute Gasteiger partial charge is 0.317 e. The topological polar surface area (TPSA) is 39.2 Å². The highest BCUT2D eigenvalue weighted by Gasteiger charge is 2.33. The molecular formula is C17H21NO2S. The van der Waals surface area contributed by atoms with Crippen LogP contribution in [0.15, 0.2) is 29.6 Å². The molecule has 2 rings (SSSR count). The normalized spacial score (nSPS) is 11.4. The molecule has 0 fully saturated rings. The van der Waals surface area contributed by atoms with Crippen LogP contribution in [0.5, 0.6) is 0 Å². The van der Waals surface area contributed by atoms with E-state index in [1.54, 1.807) is 11.3 Å². The number of aryl methyl sites for hydroxylation is 1. The number of hydrogen-bond donors (Lipinski definition) is 0. The molecule has 0 saturated carbocycles. The molecule has 1 heterocycles. The molecular weight excluding hydrogens is 282 g/mol. The first-order valence-electron chi connectivity index (χ1n) is 7.11. The van der Waals surface area contributed by atoms with Gasteiger partial charge < -0.3 is 4.74 Å². The minimum Gasteiger partial charge on any atom is -0.465 e. The third kappa shape index (κ3) is 3.70. The van der Waals surface area contributed by atoms with Crippen LogP contribution in [0.4, 0.5) is 0 Å². The average Bonchev–Trinajstić information content (AvgIpc) is 2.88. The van der Waals surface area contributed by atoms with E-state index in [4.69, 9.17) is 4.74 Å². The van der Waals surface area contributed by atoms with Crippen LogP contribution in [-0.2, 0) is 21.4 Å². The summed E-state index contributed by atoms with van der Waals surface area (Å²) >= 11 is 1.59. The van der Waals surface area contributed by atoms with Crippen LogP contribution in [0.2, 0.25) is 0 Å². The van der Waals surface area contributed by atoms with E-state index in [0.29, 0.717) is 6.61 Å². The predicted molar refractivity (Wildman–Crippen MR) is 85.8 cm³/mol. The Bertz CT molecular complexity index is 631. The quantitative estimate of drug-likeness (QED) is 0.787. The highest BCUT2D eigenvalue weighted by atomic mass is 32.1. The zero-order valence-corrected chi connectivity index (χ0v) is 13.8. The fourth-order valence-corrected chi connectivity index (χ4v) is 3.09. The fraction of sp³-hybridized carbons (Fsp3) is 0.412. The van der Waals surface area contributed by atoms with Crippen LogP contribution in [0.1, 0.15) is 42.6 Å². The van der Waals surface area contributed by atoms with E-state index in [0.717, 1.165) is 17.1 Å². The van der Waals surface area contributed by atoms with E-state index in [1.165, 1.54) is 11.1 Å². The standard InChI is InChI=1S/C17H21NO2S/c1-5-20-16(19)17(3,4)14-11-21-15(18-14)10-13-8-6-7-12(2)9-13/h6-9,11H,5,10H2,1-4H3. The Kier molecular flexibility index (Phi) is 4.78. The van der Waals surface area contributed by atoms with Crippen molar-refractivity contribution in [3.63, 3.8) is 0 Å². The van der Waals surface area contributed by atoms with Gasteiger partial charge in [-0.3, -0.25) is 4.79 Å². The molecule has 0 saturated heterocycles. The molecule has 0 spiro atoms. The number of thiazole rings is 1. The Balaban J connectivity index is 2.16. The van der Waals surface area contributed by atoms with E-state index in [9.17, 15) is 4.79 Å². The fourth-order valence-electron chi connectivity index (χ4n) is 2.09. The van der Waals surface area contributed by atoms with Crippen LogP contribution in [-0.4, -0.2) is 17.6 Å². The van der Waals surface area contributed by atoms with Crippen molar-refractivity contribution in [3.8, 4) is 0 Å². The van der Waals surface area contributed by atoms with Crippen molar-refractivity contribution in [2.45, 2.75) is 39.5 Å². The third-order valence-electron chi connectivity index (χ3n) is 3.42. The van der Waals surface area contributed by atoms with E-state index in [1.807, 2.05) is 26.2 Å². The molecule has 0 N–H and O–H groups in total. The number of rotatable bonds is 5. The second-order valence-corrected chi connectivity index (χ2v) is 6.58. The number of benzene rings is 1. The largest absolute Gasteiger partial charge is 0.465 e. The van der Waals surface area contributed by atoms with E-state index in [2.05, 4.69) is 36.2 Å². The lowest BCUT2D eigenvalue weighted by molar-refractivity contribution is -0.148. The predicted octanol–water partition coefficient (Wildman–Crippen LogP) is 3.88. The summed E-state index contributed by atoms with van der Waals surface area (Å²) in [5, 5.41) is 2.98. The van der Waals surface area contributed by atoms with Crippen molar-refractivity contribution >= 4 is 17.3 Å². The SMILES string of the molecule is CCOC(=O)C(C)(C)c1csc(Cc2cccc(C)c2)n1. The number of carbonyl (C=O) groups is 1. The number of carbonyl (C=O) groups excluding carboxylic acids is 1. The Morgan fingerprint density at radius 3 is 2.81 bits per heavy atom. The highest BCUT2D eigenvalue weighted by molar-refractivity contribution is 7.09. The van der Waals surface area contributed by atoms with E-state index >= 15 is 0 Å². The molecule has 1 aromatic heterocycles. The lowest BCUT2D eigenvalue weighted by Gasteiger charge is -2.19. The first-order valence-corrected chi connectivity index (χ1v) is 7.99. The van der Waals surface area contributed by atoms with Gasteiger partial charge in [0.2, 0.25) is 0 Å². The van der Waals surface area contributed by atoms with Gasteiger partial charge in [0.25, 0.3) is 0 Å². The van der Waals surface area contributed by atoms with Gasteiger partial charge in [0.05, 0.1) is 17.3 Å². The summed E-state index contributed by atoms with van der Waals surface area (Å²) in [7, 11) is 0. The zero-order valence-electron chi connectivity index (χ0n) is 13.0. The summed E-state index contributed by atoms with van der Waals surface area (Å²) in [5.41, 5.74) is 2.58. The maximum atomic E-state index is 12.0. The molecule has 0 bridgehead atoms. The Hall–Kier alpha value is -1.68. The van der Waals surface area contributed by atoms with Gasteiger partial charge in [0.15, 0.2) is 0 Å². The number of nitrogens with zero attached hydrogens (tertiary/aromatic N) is 1. The molecule has 0 radical (unpaired) electrons. The monoisotopic (exact) mass is 303 g/mol. The van der Waals surface area contributed by atoms with Gasteiger partial charge in [0.1, 0.15) is 5.41 Å². The first-order chi connectivity index (χ1) is 9.93. The summed E-state index contributed by atoms with van der Waals surface area (Å²) in [5.74, 6) is -0.225. The van der Waals surface area contributed by atoms with Gasteiger partial charge in [-0.1, -0.05) is 29.8 Å². The minimum absolute atomic E-state index is 0.225. The van der Waals surface area contributed by atoms with Gasteiger partial charge in [-0.05, 0) is 33.3 Å². The molecule has 21 heavy (non-hydrogen) atoms. The molecule has 0 aliphatic heterocycles. The summed E-state index contributed by atoms with van der Waals surface area (Å²) in [6.45, 7) is 8.01. The van der Waals surface area contributed by atoms with Gasteiger partial charge in [-0.15, -0.1) is 11.3 Å². The Labute approximate surface area is 130 Å². The lowest BCUT2D eigenvalue weighted by atomic mass is 9.90. The Morgan fingerprint density at radius 2 is 2.14 bits per heavy atom. The number of hydrogen-bond acceptors (Lipinski definition) is 4. The molecule has 0 atom stereocenters. The van der Waals surface area contributed by atoms with Crippen molar-refractivity contribution in [2.75, 3.05) is 6.61 Å². The number of aromatic nitrogens is 1. The van der Waals surface area contributed by atoms with Crippen LogP contribution in [0.25, 0.3) is 0 Å². The third-order valence-corrected chi connectivity index (χ3v) is 4.26. The maximum absolute atomic E-state index is 12.0. The molecule has 0 aliphatic carbocycles. The summed E-state index contributed by atoms with van der Waals surface area (Å²) in [6.07, 6.45) is 0.797. The van der Waals surface area contributed by atoms with E-state index in [-0.39, 0.29) is 5.97 Å². The lowest BCUT2D eigenvalue weighted by Crippen LogP contribution is -2.31. The van der Waals surface area contributed by atoms with Gasteiger partial charge in [-0.25, -0.2) is 4.98 Å². The number of esters is 1. The molecule has 0 unspecified atom stereocenters. The Morgan fingerprint density at radius 1 is 1.38 bits per heavy atom. The van der Waals surface area contributed by atoms with Crippen LogP contribution in [0.3, 0.4) is 0 Å². The maximum Gasteiger partial charge on any atom is 0.317 e.